The first kappa shape index (κ1) is 17.1. The maximum absolute atomic E-state index is 11.8. The molecular formula is C13H19N3O4S. The third kappa shape index (κ3) is 5.50. The highest BCUT2D eigenvalue weighted by molar-refractivity contribution is 7.13. The van der Waals surface area contributed by atoms with E-state index >= 15 is 0 Å². The van der Waals surface area contributed by atoms with Gasteiger partial charge in [-0.25, -0.2) is 4.98 Å². The number of amides is 2. The van der Waals surface area contributed by atoms with Crippen LogP contribution in [0.3, 0.4) is 0 Å². The van der Waals surface area contributed by atoms with Gasteiger partial charge in [-0.1, -0.05) is 0 Å². The van der Waals surface area contributed by atoms with Crippen molar-refractivity contribution in [1.29, 1.82) is 0 Å². The first-order valence-electron chi connectivity index (χ1n) is 6.51. The Morgan fingerprint density at radius 2 is 2.14 bits per heavy atom. The standard InChI is InChI=1S/C11H15N3O2S.C2H4O2/c1-7(2)13-10(16)8-5-9(15)14(6-8)11-12-3-4-17-11;1-2(3)4/h3-4,7-8H,5-6H2,1-2H3,(H,13,16);1H3,(H,3,4). The lowest BCUT2D eigenvalue weighted by atomic mass is 10.1. The van der Waals surface area contributed by atoms with E-state index in [2.05, 4.69) is 10.3 Å². The molecule has 0 radical (unpaired) electrons. The van der Waals surface area contributed by atoms with Crippen LogP contribution in [0.1, 0.15) is 27.2 Å². The van der Waals surface area contributed by atoms with Gasteiger partial charge in [0.2, 0.25) is 11.8 Å². The van der Waals surface area contributed by atoms with Crippen LogP contribution in [-0.4, -0.2) is 40.5 Å². The van der Waals surface area contributed by atoms with E-state index in [9.17, 15) is 9.59 Å². The van der Waals surface area contributed by atoms with Gasteiger partial charge in [0.15, 0.2) is 5.13 Å². The van der Waals surface area contributed by atoms with Crippen molar-refractivity contribution in [3.05, 3.63) is 11.6 Å². The van der Waals surface area contributed by atoms with Crippen molar-refractivity contribution in [3.63, 3.8) is 0 Å². The Kier molecular flexibility index (Phi) is 6.29. The van der Waals surface area contributed by atoms with Gasteiger partial charge < -0.3 is 10.4 Å². The minimum atomic E-state index is -0.833. The zero-order chi connectivity index (χ0) is 16.0. The Hall–Kier alpha value is -1.96. The molecule has 0 aromatic carbocycles. The normalized spacial score (nSPS) is 17.4. The van der Waals surface area contributed by atoms with Crippen molar-refractivity contribution in [3.8, 4) is 0 Å². The largest absolute Gasteiger partial charge is 0.481 e. The van der Waals surface area contributed by atoms with Gasteiger partial charge in [0.1, 0.15) is 0 Å². The molecule has 1 unspecified atom stereocenters. The number of carboxylic acid groups (broad SMARTS) is 1. The summed E-state index contributed by atoms with van der Waals surface area (Å²) in [5, 5.41) is 12.8. The molecule has 2 amide bonds. The number of rotatable bonds is 3. The Morgan fingerprint density at radius 3 is 2.62 bits per heavy atom. The van der Waals surface area contributed by atoms with E-state index in [1.54, 1.807) is 11.1 Å². The molecule has 0 spiro atoms. The van der Waals surface area contributed by atoms with Crippen molar-refractivity contribution >= 4 is 34.3 Å². The zero-order valence-corrected chi connectivity index (χ0v) is 13.0. The van der Waals surface area contributed by atoms with Crippen LogP contribution in [0.15, 0.2) is 11.6 Å². The summed E-state index contributed by atoms with van der Waals surface area (Å²) in [4.78, 5) is 38.3. The Balaban J connectivity index is 0.000000491. The molecule has 1 aromatic heterocycles. The van der Waals surface area contributed by atoms with Gasteiger partial charge in [0.25, 0.3) is 5.97 Å². The van der Waals surface area contributed by atoms with Crippen LogP contribution in [-0.2, 0) is 14.4 Å². The number of hydrogen-bond acceptors (Lipinski definition) is 5. The van der Waals surface area contributed by atoms with Gasteiger partial charge >= 0.3 is 0 Å². The third-order valence-electron chi connectivity index (χ3n) is 2.58. The second-order valence-corrected chi connectivity index (χ2v) is 5.78. The number of aliphatic carboxylic acids is 1. The summed E-state index contributed by atoms with van der Waals surface area (Å²) in [5.41, 5.74) is 0. The van der Waals surface area contributed by atoms with Crippen LogP contribution in [0.25, 0.3) is 0 Å². The molecule has 0 saturated carbocycles. The molecule has 1 aliphatic rings. The summed E-state index contributed by atoms with van der Waals surface area (Å²) >= 11 is 1.41. The number of carbonyl (C=O) groups is 3. The van der Waals surface area contributed by atoms with Gasteiger partial charge in [-0.15, -0.1) is 11.3 Å². The fraction of sp³-hybridized carbons (Fsp3) is 0.538. The van der Waals surface area contributed by atoms with Crippen LogP contribution in [0.5, 0.6) is 0 Å². The molecule has 8 heteroatoms. The molecule has 1 aliphatic heterocycles. The second-order valence-electron chi connectivity index (χ2n) is 4.90. The summed E-state index contributed by atoms with van der Waals surface area (Å²) in [6.07, 6.45) is 1.94. The predicted molar refractivity (Wildman–Crippen MR) is 79.2 cm³/mol. The first-order valence-corrected chi connectivity index (χ1v) is 7.39. The lowest BCUT2D eigenvalue weighted by Crippen LogP contribution is -2.36. The van der Waals surface area contributed by atoms with Crippen molar-refractivity contribution < 1.29 is 19.5 Å². The number of anilines is 1. The molecule has 0 aliphatic carbocycles. The smallest absolute Gasteiger partial charge is 0.300 e. The van der Waals surface area contributed by atoms with E-state index in [-0.39, 0.29) is 30.2 Å². The van der Waals surface area contributed by atoms with E-state index in [0.29, 0.717) is 11.7 Å². The van der Waals surface area contributed by atoms with Crippen LogP contribution < -0.4 is 10.2 Å². The van der Waals surface area contributed by atoms with E-state index in [1.807, 2.05) is 19.2 Å². The van der Waals surface area contributed by atoms with Crippen molar-refractivity contribution in [2.75, 3.05) is 11.4 Å². The molecule has 21 heavy (non-hydrogen) atoms. The second kappa shape index (κ2) is 7.72. The highest BCUT2D eigenvalue weighted by atomic mass is 32.1. The van der Waals surface area contributed by atoms with Gasteiger partial charge in [0.05, 0.1) is 5.92 Å². The first-order chi connectivity index (χ1) is 9.81. The van der Waals surface area contributed by atoms with Crippen LogP contribution in [0, 0.1) is 5.92 Å². The molecule has 2 N–H and O–H groups in total. The van der Waals surface area contributed by atoms with Gasteiger partial charge in [-0.05, 0) is 13.8 Å². The van der Waals surface area contributed by atoms with Gasteiger partial charge in [-0.2, -0.15) is 0 Å². The zero-order valence-electron chi connectivity index (χ0n) is 12.2. The van der Waals surface area contributed by atoms with E-state index in [0.717, 1.165) is 6.92 Å². The average molecular weight is 313 g/mol. The molecule has 1 saturated heterocycles. The minimum absolute atomic E-state index is 0.0242. The van der Waals surface area contributed by atoms with Crippen molar-refractivity contribution in [2.24, 2.45) is 5.92 Å². The molecule has 0 bridgehead atoms. The fourth-order valence-corrected chi connectivity index (χ4v) is 2.49. The summed E-state index contributed by atoms with van der Waals surface area (Å²) in [6.45, 7) is 5.34. The maximum Gasteiger partial charge on any atom is 0.300 e. The predicted octanol–water partition coefficient (Wildman–Crippen LogP) is 1.11. The third-order valence-corrected chi connectivity index (χ3v) is 3.37. The fourth-order valence-electron chi connectivity index (χ4n) is 1.82. The lowest BCUT2D eigenvalue weighted by Gasteiger charge is -2.14. The molecule has 1 atom stereocenters. The van der Waals surface area contributed by atoms with Gasteiger partial charge in [0, 0.05) is 37.5 Å². The molecule has 1 aromatic rings. The molecule has 116 valence electrons. The maximum atomic E-state index is 11.8. The van der Waals surface area contributed by atoms with Gasteiger partial charge in [-0.3, -0.25) is 19.3 Å². The average Bonchev–Trinajstić information content (AvgIpc) is 2.95. The summed E-state index contributed by atoms with van der Waals surface area (Å²) in [7, 11) is 0. The van der Waals surface area contributed by atoms with Crippen molar-refractivity contribution in [1.82, 2.24) is 10.3 Å². The summed E-state index contributed by atoms with van der Waals surface area (Å²) in [5.74, 6) is -1.16. The summed E-state index contributed by atoms with van der Waals surface area (Å²) in [6, 6.07) is 0.103. The molecule has 1 fully saturated rings. The number of hydrogen-bond donors (Lipinski definition) is 2. The van der Waals surface area contributed by atoms with E-state index in [4.69, 9.17) is 9.90 Å². The Morgan fingerprint density at radius 1 is 1.52 bits per heavy atom. The monoisotopic (exact) mass is 313 g/mol. The topological polar surface area (TPSA) is 99.6 Å². The Bertz CT molecular complexity index is 498. The van der Waals surface area contributed by atoms with Crippen molar-refractivity contribution in [2.45, 2.75) is 33.2 Å². The van der Waals surface area contributed by atoms with E-state index < -0.39 is 5.97 Å². The number of aromatic nitrogens is 1. The lowest BCUT2D eigenvalue weighted by molar-refractivity contribution is -0.134. The quantitative estimate of drug-likeness (QED) is 0.871. The molecule has 2 heterocycles. The van der Waals surface area contributed by atoms with Crippen LogP contribution in [0.4, 0.5) is 5.13 Å². The number of carbonyl (C=O) groups excluding carboxylic acids is 2. The number of nitrogens with one attached hydrogen (secondary N) is 1. The number of thiazole rings is 1. The molecule has 7 nitrogen and oxygen atoms in total. The SMILES string of the molecule is CC(=O)O.CC(C)NC(=O)C1CC(=O)N(c2nccs2)C1. The number of nitrogens with zero attached hydrogens (tertiary/aromatic N) is 2. The van der Waals surface area contributed by atoms with Crippen LogP contribution in [0.2, 0.25) is 0 Å². The highest BCUT2D eigenvalue weighted by Gasteiger charge is 2.36. The summed E-state index contributed by atoms with van der Waals surface area (Å²) < 4.78 is 0. The van der Waals surface area contributed by atoms with Crippen LogP contribution >= 0.6 is 11.3 Å². The number of carboxylic acids is 1. The van der Waals surface area contributed by atoms with E-state index in [1.165, 1.54) is 11.3 Å². The molecular weight excluding hydrogens is 294 g/mol. The highest BCUT2D eigenvalue weighted by Crippen LogP contribution is 2.26. The molecule has 2 rings (SSSR count). The Labute approximate surface area is 127 Å². The minimum Gasteiger partial charge on any atom is -0.481 e.